The van der Waals surface area contributed by atoms with E-state index in [0.29, 0.717) is 18.8 Å². The van der Waals surface area contributed by atoms with Gasteiger partial charge in [0.2, 0.25) is 0 Å². The van der Waals surface area contributed by atoms with E-state index in [1.807, 2.05) is 30.3 Å². The predicted molar refractivity (Wildman–Crippen MR) is 97.6 cm³/mol. The molecule has 25 heavy (non-hydrogen) atoms. The van der Waals surface area contributed by atoms with E-state index in [0.717, 1.165) is 43.4 Å². The molecular weight excluding hydrogens is 316 g/mol. The van der Waals surface area contributed by atoms with E-state index >= 15 is 0 Å². The van der Waals surface area contributed by atoms with Crippen LogP contribution in [0.1, 0.15) is 44.1 Å². The Bertz CT molecular complexity index is 608. The standard InChI is InChI=1S/C21H26O4/c22-16-8-3-1-2-7-11-21(23)25-20-14-12-19(13-15-20)24-17-18-9-5-4-6-10-18/h4-6,9-10,12-15,22H,1-3,7-8,11,16-17H2. The van der Waals surface area contributed by atoms with Gasteiger partial charge in [0.25, 0.3) is 0 Å². The van der Waals surface area contributed by atoms with Gasteiger partial charge in [-0.05, 0) is 42.7 Å². The molecule has 0 aliphatic rings. The largest absolute Gasteiger partial charge is 0.489 e. The first-order valence-corrected chi connectivity index (χ1v) is 8.86. The molecule has 0 amide bonds. The molecule has 0 unspecified atom stereocenters. The van der Waals surface area contributed by atoms with E-state index in [2.05, 4.69) is 0 Å². The Balaban J connectivity index is 1.66. The second kappa shape index (κ2) is 11.3. The molecule has 0 saturated carbocycles. The van der Waals surface area contributed by atoms with Crippen LogP contribution in [0.25, 0.3) is 0 Å². The van der Waals surface area contributed by atoms with Crippen molar-refractivity contribution in [2.24, 2.45) is 0 Å². The average Bonchev–Trinajstić information content (AvgIpc) is 2.65. The summed E-state index contributed by atoms with van der Waals surface area (Å²) in [5.74, 6) is 1.07. The highest BCUT2D eigenvalue weighted by molar-refractivity contribution is 5.72. The Kier molecular flexibility index (Phi) is 8.56. The maximum absolute atomic E-state index is 11.8. The van der Waals surface area contributed by atoms with Crippen molar-refractivity contribution in [1.29, 1.82) is 0 Å². The Labute approximate surface area is 149 Å². The van der Waals surface area contributed by atoms with Gasteiger partial charge in [0, 0.05) is 13.0 Å². The molecule has 4 nitrogen and oxygen atoms in total. The van der Waals surface area contributed by atoms with Gasteiger partial charge in [0.15, 0.2) is 0 Å². The lowest BCUT2D eigenvalue weighted by atomic mass is 10.1. The topological polar surface area (TPSA) is 55.8 Å². The summed E-state index contributed by atoms with van der Waals surface area (Å²) in [5, 5.41) is 8.70. The molecular formula is C21H26O4. The van der Waals surface area contributed by atoms with E-state index in [9.17, 15) is 4.79 Å². The summed E-state index contributed by atoms with van der Waals surface area (Å²) in [4.78, 5) is 11.8. The first-order valence-electron chi connectivity index (χ1n) is 8.86. The van der Waals surface area contributed by atoms with Crippen molar-refractivity contribution in [1.82, 2.24) is 0 Å². The number of carbonyl (C=O) groups excluding carboxylic acids is 1. The van der Waals surface area contributed by atoms with E-state index in [1.165, 1.54) is 0 Å². The van der Waals surface area contributed by atoms with Crippen LogP contribution in [-0.2, 0) is 11.4 Å². The van der Waals surface area contributed by atoms with Crippen LogP contribution in [0.4, 0.5) is 0 Å². The smallest absolute Gasteiger partial charge is 0.311 e. The lowest BCUT2D eigenvalue weighted by molar-refractivity contribution is -0.134. The summed E-state index contributed by atoms with van der Waals surface area (Å²) in [7, 11) is 0. The van der Waals surface area contributed by atoms with Gasteiger partial charge in [0.05, 0.1) is 0 Å². The number of esters is 1. The van der Waals surface area contributed by atoms with Gasteiger partial charge in [-0.2, -0.15) is 0 Å². The molecule has 0 aromatic heterocycles. The molecule has 0 aliphatic carbocycles. The summed E-state index contributed by atoms with van der Waals surface area (Å²) < 4.78 is 11.0. The van der Waals surface area contributed by atoms with Gasteiger partial charge >= 0.3 is 5.97 Å². The zero-order valence-electron chi connectivity index (χ0n) is 14.5. The summed E-state index contributed by atoms with van der Waals surface area (Å²) in [6.07, 6.45) is 5.12. The molecule has 0 atom stereocenters. The molecule has 134 valence electrons. The van der Waals surface area contributed by atoms with Crippen LogP contribution in [0.5, 0.6) is 11.5 Å². The Morgan fingerprint density at radius 1 is 0.800 bits per heavy atom. The van der Waals surface area contributed by atoms with Crippen molar-refractivity contribution in [2.45, 2.75) is 45.1 Å². The molecule has 2 aromatic carbocycles. The minimum absolute atomic E-state index is 0.208. The fourth-order valence-electron chi connectivity index (χ4n) is 2.44. The second-order valence-corrected chi connectivity index (χ2v) is 5.96. The molecule has 0 saturated heterocycles. The van der Waals surface area contributed by atoms with Gasteiger partial charge in [-0.15, -0.1) is 0 Å². The van der Waals surface area contributed by atoms with Crippen molar-refractivity contribution in [3.63, 3.8) is 0 Å². The molecule has 2 rings (SSSR count). The molecule has 0 aliphatic heterocycles. The van der Waals surface area contributed by atoms with Gasteiger partial charge in [-0.3, -0.25) is 4.79 Å². The van der Waals surface area contributed by atoms with Crippen molar-refractivity contribution < 1.29 is 19.4 Å². The van der Waals surface area contributed by atoms with E-state index in [1.54, 1.807) is 24.3 Å². The van der Waals surface area contributed by atoms with Crippen LogP contribution in [0.2, 0.25) is 0 Å². The monoisotopic (exact) mass is 342 g/mol. The summed E-state index contributed by atoms with van der Waals surface area (Å²) in [6, 6.07) is 17.1. The number of aliphatic hydroxyl groups excluding tert-OH is 1. The molecule has 0 fully saturated rings. The summed E-state index contributed by atoms with van der Waals surface area (Å²) >= 11 is 0. The van der Waals surface area contributed by atoms with Gasteiger partial charge in [-0.25, -0.2) is 0 Å². The lowest BCUT2D eigenvalue weighted by Crippen LogP contribution is -2.07. The number of benzene rings is 2. The minimum atomic E-state index is -0.208. The van der Waals surface area contributed by atoms with Crippen LogP contribution in [0, 0.1) is 0 Å². The molecule has 1 N–H and O–H groups in total. The van der Waals surface area contributed by atoms with Crippen LogP contribution in [0.3, 0.4) is 0 Å². The summed E-state index contributed by atoms with van der Waals surface area (Å²) in [5.41, 5.74) is 1.11. The molecule has 0 heterocycles. The number of rotatable bonds is 11. The van der Waals surface area contributed by atoms with E-state index < -0.39 is 0 Å². The predicted octanol–water partition coefficient (Wildman–Crippen LogP) is 4.50. The van der Waals surface area contributed by atoms with Crippen molar-refractivity contribution >= 4 is 5.97 Å². The third-order valence-electron chi connectivity index (χ3n) is 3.84. The minimum Gasteiger partial charge on any atom is -0.489 e. The van der Waals surface area contributed by atoms with Crippen LogP contribution < -0.4 is 9.47 Å². The van der Waals surface area contributed by atoms with Gasteiger partial charge in [-0.1, -0.05) is 49.6 Å². The van der Waals surface area contributed by atoms with E-state index in [-0.39, 0.29) is 12.6 Å². The highest BCUT2D eigenvalue weighted by Crippen LogP contribution is 2.19. The van der Waals surface area contributed by atoms with Crippen LogP contribution in [-0.4, -0.2) is 17.7 Å². The number of carbonyl (C=O) groups is 1. The van der Waals surface area contributed by atoms with Crippen LogP contribution in [0.15, 0.2) is 54.6 Å². The summed E-state index contributed by atoms with van der Waals surface area (Å²) in [6.45, 7) is 0.753. The third kappa shape index (κ3) is 7.86. The number of hydrogen-bond donors (Lipinski definition) is 1. The lowest BCUT2D eigenvalue weighted by Gasteiger charge is -2.08. The second-order valence-electron chi connectivity index (χ2n) is 5.96. The number of hydrogen-bond acceptors (Lipinski definition) is 4. The molecule has 4 heteroatoms. The maximum atomic E-state index is 11.8. The number of unbranched alkanes of at least 4 members (excludes halogenated alkanes) is 4. The Morgan fingerprint density at radius 2 is 1.44 bits per heavy atom. The SMILES string of the molecule is O=C(CCCCCCCO)Oc1ccc(OCc2ccccc2)cc1. The fourth-order valence-corrected chi connectivity index (χ4v) is 2.44. The Morgan fingerprint density at radius 3 is 2.16 bits per heavy atom. The quantitative estimate of drug-likeness (QED) is 0.371. The zero-order chi connectivity index (χ0) is 17.7. The van der Waals surface area contributed by atoms with E-state index in [4.69, 9.17) is 14.6 Å². The molecule has 0 spiro atoms. The number of ether oxygens (including phenoxy) is 2. The first kappa shape index (κ1) is 19.0. The molecule has 0 bridgehead atoms. The zero-order valence-corrected chi connectivity index (χ0v) is 14.5. The highest BCUT2D eigenvalue weighted by Gasteiger charge is 2.05. The van der Waals surface area contributed by atoms with Gasteiger partial charge in [0.1, 0.15) is 18.1 Å². The van der Waals surface area contributed by atoms with Gasteiger partial charge < -0.3 is 14.6 Å². The third-order valence-corrected chi connectivity index (χ3v) is 3.84. The Hall–Kier alpha value is -2.33. The highest BCUT2D eigenvalue weighted by atomic mass is 16.5. The molecule has 0 radical (unpaired) electrons. The van der Waals surface area contributed by atoms with Crippen LogP contribution >= 0.6 is 0 Å². The van der Waals surface area contributed by atoms with Crippen molar-refractivity contribution in [3.8, 4) is 11.5 Å². The van der Waals surface area contributed by atoms with Crippen molar-refractivity contribution in [3.05, 3.63) is 60.2 Å². The number of aliphatic hydroxyl groups is 1. The first-order chi connectivity index (χ1) is 12.3. The average molecular weight is 342 g/mol. The maximum Gasteiger partial charge on any atom is 0.311 e. The van der Waals surface area contributed by atoms with Crippen molar-refractivity contribution in [2.75, 3.05) is 6.61 Å². The fraction of sp³-hybridized carbons (Fsp3) is 0.381. The normalized spacial score (nSPS) is 10.4. The molecule has 2 aromatic rings.